The molecule has 0 radical (unpaired) electrons. The average molecular weight is 311 g/mol. The maximum Gasteiger partial charge on any atom is 0.0495 e. The minimum absolute atomic E-state index is 0.528. The zero-order valence-electron chi connectivity index (χ0n) is 12.8. The molecular weight excluding hydrogens is 292 g/mol. The highest BCUT2D eigenvalue weighted by Gasteiger charge is 2.22. The van der Waals surface area contributed by atoms with Crippen LogP contribution in [0.25, 0.3) is 22.0 Å². The van der Waals surface area contributed by atoms with Gasteiger partial charge in [0.15, 0.2) is 0 Å². The van der Waals surface area contributed by atoms with E-state index in [2.05, 4.69) is 48.4 Å². The Morgan fingerprint density at radius 3 is 2.64 bits per heavy atom. The fraction of sp³-hybridized carbons (Fsp3) is 0.263. The molecule has 0 aliphatic carbocycles. The second-order valence-electron chi connectivity index (χ2n) is 6.26. The monoisotopic (exact) mass is 310 g/mol. The molecule has 1 unspecified atom stereocenters. The highest BCUT2D eigenvalue weighted by molar-refractivity contribution is 6.30. The summed E-state index contributed by atoms with van der Waals surface area (Å²) in [5.74, 6) is 0. The number of rotatable bonds is 1. The predicted molar refractivity (Wildman–Crippen MR) is 93.5 cm³/mol. The molecule has 2 aromatic carbocycles. The van der Waals surface area contributed by atoms with Crippen LogP contribution in [0.2, 0.25) is 5.02 Å². The number of aromatic nitrogens is 1. The summed E-state index contributed by atoms with van der Waals surface area (Å²) in [6, 6.07) is 13.1. The van der Waals surface area contributed by atoms with Crippen LogP contribution in [-0.4, -0.2) is 11.0 Å². The Morgan fingerprint density at radius 2 is 1.86 bits per heavy atom. The van der Waals surface area contributed by atoms with Crippen LogP contribution in [0.15, 0.2) is 36.4 Å². The number of hydrogen-bond donors (Lipinski definition) is 2. The van der Waals surface area contributed by atoms with Crippen molar-refractivity contribution in [2.24, 2.45) is 0 Å². The van der Waals surface area contributed by atoms with Gasteiger partial charge >= 0.3 is 0 Å². The molecule has 22 heavy (non-hydrogen) atoms. The summed E-state index contributed by atoms with van der Waals surface area (Å²) < 4.78 is 0. The zero-order chi connectivity index (χ0) is 15.3. The lowest BCUT2D eigenvalue weighted by atomic mass is 9.94. The zero-order valence-corrected chi connectivity index (χ0v) is 13.6. The molecule has 0 saturated heterocycles. The molecule has 0 saturated carbocycles. The van der Waals surface area contributed by atoms with Crippen molar-refractivity contribution in [3.8, 4) is 11.1 Å². The number of hydrogen-bond acceptors (Lipinski definition) is 1. The Labute approximate surface area is 135 Å². The molecule has 2 N–H and O–H groups in total. The van der Waals surface area contributed by atoms with Crippen LogP contribution in [0.1, 0.15) is 23.7 Å². The summed E-state index contributed by atoms with van der Waals surface area (Å²) >= 11 is 6.04. The molecule has 1 aromatic heterocycles. The van der Waals surface area contributed by atoms with E-state index in [1.165, 1.54) is 38.9 Å². The summed E-state index contributed by atoms with van der Waals surface area (Å²) in [5, 5.41) is 5.72. The molecule has 2 heterocycles. The van der Waals surface area contributed by atoms with Crippen molar-refractivity contribution in [1.29, 1.82) is 0 Å². The molecule has 0 fully saturated rings. The van der Waals surface area contributed by atoms with Crippen molar-refractivity contribution in [3.63, 3.8) is 0 Å². The summed E-state index contributed by atoms with van der Waals surface area (Å²) in [6.45, 7) is 5.34. The maximum atomic E-state index is 6.04. The first-order valence-corrected chi connectivity index (χ1v) is 8.13. The van der Waals surface area contributed by atoms with Crippen molar-refractivity contribution < 1.29 is 0 Å². The normalized spacial score (nSPS) is 17.7. The number of benzene rings is 2. The van der Waals surface area contributed by atoms with Gasteiger partial charge in [-0.3, -0.25) is 0 Å². The third-order valence-corrected chi connectivity index (χ3v) is 4.90. The first kappa shape index (κ1) is 13.9. The molecule has 3 heteroatoms. The van der Waals surface area contributed by atoms with E-state index in [9.17, 15) is 0 Å². The Morgan fingerprint density at radius 1 is 1.09 bits per heavy atom. The summed E-state index contributed by atoms with van der Waals surface area (Å²) in [5.41, 5.74) is 7.87. The van der Waals surface area contributed by atoms with E-state index in [1.807, 2.05) is 12.1 Å². The second-order valence-corrected chi connectivity index (χ2v) is 6.69. The molecule has 112 valence electrons. The van der Waals surface area contributed by atoms with E-state index in [4.69, 9.17) is 11.6 Å². The number of nitrogens with one attached hydrogen (secondary N) is 2. The standard InChI is InChI=1S/C19H19ClN2/c1-11-3-8-15(13-4-6-14(20)7-5-13)18-16-10-21-12(2)9-17(16)22-19(11)18/h3-8,12,21-22H,9-10H2,1-2H3. The minimum Gasteiger partial charge on any atom is -0.358 e. The van der Waals surface area contributed by atoms with Gasteiger partial charge in [0.05, 0.1) is 0 Å². The molecule has 4 rings (SSSR count). The van der Waals surface area contributed by atoms with Gasteiger partial charge in [0.25, 0.3) is 0 Å². The van der Waals surface area contributed by atoms with Crippen LogP contribution in [0.5, 0.6) is 0 Å². The van der Waals surface area contributed by atoms with Gasteiger partial charge in [-0.25, -0.2) is 0 Å². The average Bonchev–Trinajstić information content (AvgIpc) is 2.88. The molecule has 1 aliphatic rings. The molecular formula is C19H19ClN2. The minimum atomic E-state index is 0.528. The lowest BCUT2D eigenvalue weighted by Crippen LogP contribution is -2.32. The highest BCUT2D eigenvalue weighted by atomic mass is 35.5. The van der Waals surface area contributed by atoms with E-state index in [0.717, 1.165) is 18.0 Å². The second kappa shape index (κ2) is 5.15. The van der Waals surface area contributed by atoms with Crippen LogP contribution >= 0.6 is 11.6 Å². The topological polar surface area (TPSA) is 27.8 Å². The Bertz CT molecular complexity index is 846. The quantitative estimate of drug-likeness (QED) is 0.662. The molecule has 0 amide bonds. The van der Waals surface area contributed by atoms with Crippen LogP contribution in [-0.2, 0) is 13.0 Å². The molecule has 0 bridgehead atoms. The summed E-state index contributed by atoms with van der Waals surface area (Å²) in [4.78, 5) is 3.67. The first-order chi connectivity index (χ1) is 10.6. The van der Waals surface area contributed by atoms with Gasteiger partial charge in [-0.15, -0.1) is 0 Å². The molecule has 1 aliphatic heterocycles. The number of aromatic amines is 1. The van der Waals surface area contributed by atoms with E-state index >= 15 is 0 Å². The van der Waals surface area contributed by atoms with Crippen LogP contribution in [0.4, 0.5) is 0 Å². The molecule has 2 nitrogen and oxygen atoms in total. The number of H-pyrrole nitrogens is 1. The van der Waals surface area contributed by atoms with E-state index in [1.54, 1.807) is 0 Å². The fourth-order valence-electron chi connectivity index (χ4n) is 3.45. The van der Waals surface area contributed by atoms with Crippen molar-refractivity contribution in [3.05, 3.63) is 58.2 Å². The van der Waals surface area contributed by atoms with Crippen LogP contribution in [0.3, 0.4) is 0 Å². The van der Waals surface area contributed by atoms with Gasteiger partial charge in [0.2, 0.25) is 0 Å². The number of fused-ring (bicyclic) bond motifs is 3. The third kappa shape index (κ3) is 2.15. The van der Waals surface area contributed by atoms with Gasteiger partial charge in [-0.1, -0.05) is 35.9 Å². The predicted octanol–water partition coefficient (Wildman–Crippen LogP) is 4.83. The smallest absolute Gasteiger partial charge is 0.0495 e. The Balaban J connectivity index is 1.99. The molecule has 0 spiro atoms. The Hall–Kier alpha value is -1.77. The van der Waals surface area contributed by atoms with Crippen molar-refractivity contribution in [2.75, 3.05) is 0 Å². The van der Waals surface area contributed by atoms with Crippen molar-refractivity contribution >= 4 is 22.5 Å². The van der Waals surface area contributed by atoms with Gasteiger partial charge in [-0.2, -0.15) is 0 Å². The largest absolute Gasteiger partial charge is 0.358 e. The molecule has 1 atom stereocenters. The van der Waals surface area contributed by atoms with Gasteiger partial charge in [-0.05, 0) is 48.2 Å². The summed E-state index contributed by atoms with van der Waals surface area (Å²) in [6.07, 6.45) is 1.06. The van der Waals surface area contributed by atoms with Gasteiger partial charge in [0.1, 0.15) is 0 Å². The Kier molecular flexibility index (Phi) is 3.24. The van der Waals surface area contributed by atoms with Crippen molar-refractivity contribution in [2.45, 2.75) is 32.9 Å². The number of halogens is 1. The SMILES string of the molecule is Cc1ccc(-c2ccc(Cl)cc2)c2c3c([nH]c12)CC(C)NC3. The van der Waals surface area contributed by atoms with E-state index in [-0.39, 0.29) is 0 Å². The lowest BCUT2D eigenvalue weighted by Gasteiger charge is -2.20. The third-order valence-electron chi connectivity index (χ3n) is 4.65. The lowest BCUT2D eigenvalue weighted by molar-refractivity contribution is 0.511. The van der Waals surface area contributed by atoms with E-state index in [0.29, 0.717) is 6.04 Å². The fourth-order valence-corrected chi connectivity index (χ4v) is 3.58. The molecule has 3 aromatic rings. The maximum absolute atomic E-state index is 6.04. The van der Waals surface area contributed by atoms with Crippen LogP contribution < -0.4 is 5.32 Å². The highest BCUT2D eigenvalue weighted by Crippen LogP contribution is 2.36. The first-order valence-electron chi connectivity index (χ1n) is 7.76. The van der Waals surface area contributed by atoms with Gasteiger partial charge < -0.3 is 10.3 Å². The number of aryl methyl sites for hydroxylation is 1. The van der Waals surface area contributed by atoms with Gasteiger partial charge in [0, 0.05) is 40.6 Å². The van der Waals surface area contributed by atoms with Crippen LogP contribution in [0, 0.1) is 6.92 Å². The van der Waals surface area contributed by atoms with E-state index < -0.39 is 0 Å². The van der Waals surface area contributed by atoms with Crippen molar-refractivity contribution in [1.82, 2.24) is 10.3 Å². The summed E-state index contributed by atoms with van der Waals surface area (Å²) in [7, 11) is 0.